The lowest BCUT2D eigenvalue weighted by Crippen LogP contribution is -2.28. The van der Waals surface area contributed by atoms with Crippen LogP contribution in [-0.2, 0) is 11.3 Å². The van der Waals surface area contributed by atoms with Gasteiger partial charge < -0.3 is 14.8 Å². The number of hydrazone groups is 1. The van der Waals surface area contributed by atoms with Crippen molar-refractivity contribution in [3.63, 3.8) is 0 Å². The highest BCUT2D eigenvalue weighted by atomic mass is 32.2. The summed E-state index contributed by atoms with van der Waals surface area (Å²) >= 11 is 1.12. The van der Waals surface area contributed by atoms with Crippen molar-refractivity contribution in [3.8, 4) is 17.2 Å². The largest absolute Gasteiger partial charge is 0.497 e. The van der Waals surface area contributed by atoms with Crippen molar-refractivity contribution in [1.82, 2.24) is 25.1 Å². The molecule has 1 aliphatic rings. The van der Waals surface area contributed by atoms with Gasteiger partial charge in [0.15, 0.2) is 11.0 Å². The molecule has 0 saturated carbocycles. The highest BCUT2D eigenvalue weighted by Crippen LogP contribution is 2.35. The van der Waals surface area contributed by atoms with Crippen molar-refractivity contribution in [1.29, 1.82) is 0 Å². The number of rotatable bonds is 12. The number of nitro benzene ring substituents is 1. The number of hydrogen-bond donors (Lipinski definition) is 1. The van der Waals surface area contributed by atoms with Crippen molar-refractivity contribution in [2.75, 3.05) is 20.0 Å². The van der Waals surface area contributed by atoms with E-state index in [0.717, 1.165) is 28.6 Å². The number of nitrogens with one attached hydrogen (secondary N) is 1. The predicted molar refractivity (Wildman–Crippen MR) is 183 cm³/mol. The standard InChI is InChI=1S/C35H30FN7O6S/c1-48-28-15-5-22(6-16-28)30-19-31(23-7-17-29(49-2)18-8-23)42(40-30)33(44)21-50-35-39-38-32(41(35)26-13-9-25(36)10-14-26)20-37-34(45)24-3-11-27(12-4-24)43(46)47/h3-18,31H,19-21H2,1-2H3,(H,37,45)/t31-/m0/s1. The highest BCUT2D eigenvalue weighted by Gasteiger charge is 2.33. The first kappa shape index (κ1) is 33.8. The molecule has 0 radical (unpaired) electrons. The van der Waals surface area contributed by atoms with Gasteiger partial charge in [-0.05, 0) is 83.9 Å². The number of nitro groups is 1. The summed E-state index contributed by atoms with van der Waals surface area (Å²) in [5.74, 6) is 0.459. The van der Waals surface area contributed by atoms with Gasteiger partial charge in [0, 0.05) is 29.8 Å². The molecule has 0 spiro atoms. The summed E-state index contributed by atoms with van der Waals surface area (Å²) in [6, 6.07) is 25.4. The van der Waals surface area contributed by atoms with Crippen LogP contribution < -0.4 is 14.8 Å². The monoisotopic (exact) mass is 695 g/mol. The Hall–Kier alpha value is -6.09. The molecule has 50 heavy (non-hydrogen) atoms. The third-order valence-electron chi connectivity index (χ3n) is 7.95. The van der Waals surface area contributed by atoms with Crippen LogP contribution in [0.15, 0.2) is 107 Å². The van der Waals surface area contributed by atoms with Gasteiger partial charge in [-0.1, -0.05) is 23.9 Å². The number of benzene rings is 4. The van der Waals surface area contributed by atoms with Crippen LogP contribution in [0.2, 0.25) is 0 Å². The SMILES string of the molecule is COc1ccc(C2=NN(C(=O)CSc3nnc(CNC(=O)c4ccc([N+](=O)[O-])cc4)n3-c3ccc(F)cc3)[C@H](c3ccc(OC)cc3)C2)cc1. The third kappa shape index (κ3) is 7.47. The molecule has 0 saturated heterocycles. The molecule has 254 valence electrons. The number of hydrogen-bond acceptors (Lipinski definition) is 10. The average Bonchev–Trinajstić information content (AvgIpc) is 3.78. The summed E-state index contributed by atoms with van der Waals surface area (Å²) in [5, 5.41) is 28.9. The third-order valence-corrected chi connectivity index (χ3v) is 8.86. The van der Waals surface area contributed by atoms with Gasteiger partial charge in [-0.15, -0.1) is 10.2 Å². The van der Waals surface area contributed by atoms with Crippen LogP contribution in [0.1, 0.15) is 39.8 Å². The second-order valence-electron chi connectivity index (χ2n) is 11.0. The molecule has 2 heterocycles. The highest BCUT2D eigenvalue weighted by molar-refractivity contribution is 7.99. The number of aromatic nitrogens is 3. The van der Waals surface area contributed by atoms with Gasteiger partial charge in [-0.25, -0.2) is 9.40 Å². The Morgan fingerprint density at radius 3 is 2.18 bits per heavy atom. The number of carbonyl (C=O) groups is 2. The molecule has 4 aromatic carbocycles. The predicted octanol–water partition coefficient (Wildman–Crippen LogP) is 5.73. The summed E-state index contributed by atoms with van der Waals surface area (Å²) in [7, 11) is 3.18. The smallest absolute Gasteiger partial charge is 0.269 e. The summed E-state index contributed by atoms with van der Waals surface area (Å²) in [5.41, 5.74) is 3.09. The molecule has 13 nitrogen and oxygen atoms in total. The zero-order valence-electron chi connectivity index (χ0n) is 26.9. The van der Waals surface area contributed by atoms with Gasteiger partial charge >= 0.3 is 0 Å². The minimum absolute atomic E-state index is 0.0550. The average molecular weight is 696 g/mol. The van der Waals surface area contributed by atoms with Crippen molar-refractivity contribution in [2.45, 2.75) is 24.2 Å². The molecule has 15 heteroatoms. The zero-order valence-corrected chi connectivity index (χ0v) is 27.7. The van der Waals surface area contributed by atoms with E-state index in [1.165, 1.54) is 53.5 Å². The zero-order chi connectivity index (χ0) is 35.2. The Bertz CT molecular complexity index is 2040. The maximum Gasteiger partial charge on any atom is 0.269 e. The van der Waals surface area contributed by atoms with E-state index in [-0.39, 0.29) is 35.5 Å². The number of methoxy groups -OCH3 is 2. The van der Waals surface area contributed by atoms with E-state index in [1.54, 1.807) is 18.8 Å². The van der Waals surface area contributed by atoms with Gasteiger partial charge in [0.05, 0.1) is 43.2 Å². The Morgan fingerprint density at radius 2 is 1.56 bits per heavy atom. The number of nitrogens with zero attached hydrogens (tertiary/aromatic N) is 6. The van der Waals surface area contributed by atoms with Crippen LogP contribution in [0.5, 0.6) is 11.5 Å². The minimum Gasteiger partial charge on any atom is -0.497 e. The summed E-state index contributed by atoms with van der Waals surface area (Å²) in [4.78, 5) is 37.2. The van der Waals surface area contributed by atoms with Gasteiger partial charge in [0.25, 0.3) is 17.5 Å². The number of thioether (sulfide) groups is 1. The molecule has 0 bridgehead atoms. The Balaban J connectivity index is 1.23. The molecule has 2 amide bonds. The molecule has 0 fully saturated rings. The summed E-state index contributed by atoms with van der Waals surface area (Å²) < 4.78 is 26.1. The van der Waals surface area contributed by atoms with Crippen molar-refractivity contribution < 1.29 is 28.4 Å². The fraction of sp³-hybridized carbons (Fsp3) is 0.171. The first-order chi connectivity index (χ1) is 24.2. The fourth-order valence-electron chi connectivity index (χ4n) is 5.33. The first-order valence-corrected chi connectivity index (χ1v) is 16.3. The van der Waals surface area contributed by atoms with E-state index in [2.05, 4.69) is 15.5 Å². The second-order valence-corrected chi connectivity index (χ2v) is 11.9. The quantitative estimate of drug-likeness (QED) is 0.0979. The van der Waals surface area contributed by atoms with Gasteiger partial charge in [-0.3, -0.25) is 24.3 Å². The lowest BCUT2D eigenvalue weighted by Gasteiger charge is -2.22. The van der Waals surface area contributed by atoms with Crippen LogP contribution in [0, 0.1) is 15.9 Å². The number of non-ortho nitro benzene ring substituents is 1. The lowest BCUT2D eigenvalue weighted by molar-refractivity contribution is -0.384. The summed E-state index contributed by atoms with van der Waals surface area (Å²) in [6.45, 7) is -0.0735. The van der Waals surface area contributed by atoms with Crippen LogP contribution in [-0.4, -0.2) is 62.2 Å². The van der Waals surface area contributed by atoms with Crippen molar-refractivity contribution >= 4 is 35.0 Å². The molecule has 6 rings (SSSR count). The molecule has 0 unspecified atom stereocenters. The normalized spacial score (nSPS) is 13.9. The van der Waals surface area contributed by atoms with Crippen LogP contribution >= 0.6 is 11.8 Å². The molecule has 1 N–H and O–H groups in total. The maximum atomic E-state index is 13.9. The first-order valence-electron chi connectivity index (χ1n) is 15.3. The maximum absolute atomic E-state index is 13.9. The molecule has 0 aliphatic carbocycles. The Kier molecular flexibility index (Phi) is 10.1. The van der Waals surface area contributed by atoms with E-state index in [4.69, 9.17) is 14.6 Å². The lowest BCUT2D eigenvalue weighted by atomic mass is 9.98. The Labute approximate surface area is 289 Å². The van der Waals surface area contributed by atoms with Crippen molar-refractivity contribution in [3.05, 3.63) is 136 Å². The summed E-state index contributed by atoms with van der Waals surface area (Å²) in [6.07, 6.45) is 0.486. The number of halogens is 1. The second kappa shape index (κ2) is 15.0. The fourth-order valence-corrected chi connectivity index (χ4v) is 6.15. The van der Waals surface area contributed by atoms with Gasteiger partial charge in [-0.2, -0.15) is 5.10 Å². The van der Waals surface area contributed by atoms with E-state index < -0.39 is 16.6 Å². The Morgan fingerprint density at radius 1 is 0.920 bits per heavy atom. The van der Waals surface area contributed by atoms with Gasteiger partial charge in [0.2, 0.25) is 0 Å². The number of amides is 2. The van der Waals surface area contributed by atoms with Crippen molar-refractivity contribution in [2.24, 2.45) is 5.10 Å². The van der Waals surface area contributed by atoms with Gasteiger partial charge in [0.1, 0.15) is 17.3 Å². The van der Waals surface area contributed by atoms with Crippen LogP contribution in [0.25, 0.3) is 5.69 Å². The van der Waals surface area contributed by atoms with E-state index in [0.29, 0.717) is 34.6 Å². The number of carbonyl (C=O) groups excluding carboxylic acids is 2. The van der Waals surface area contributed by atoms with E-state index >= 15 is 0 Å². The topological polar surface area (TPSA) is 154 Å². The molecule has 1 aromatic heterocycles. The van der Waals surface area contributed by atoms with Crippen LogP contribution in [0.3, 0.4) is 0 Å². The van der Waals surface area contributed by atoms with E-state index in [1.807, 2.05) is 48.5 Å². The molecular weight excluding hydrogens is 665 g/mol. The number of ether oxygens (including phenoxy) is 2. The van der Waals surface area contributed by atoms with Crippen LogP contribution in [0.4, 0.5) is 10.1 Å². The molecular formula is C35H30FN7O6S. The minimum atomic E-state index is -0.550. The van der Waals surface area contributed by atoms with E-state index in [9.17, 15) is 24.1 Å². The molecule has 5 aromatic rings. The molecule has 1 atom stereocenters. The molecule has 1 aliphatic heterocycles.